The van der Waals surface area contributed by atoms with E-state index < -0.39 is 6.04 Å². The summed E-state index contributed by atoms with van der Waals surface area (Å²) >= 11 is 3.42. The van der Waals surface area contributed by atoms with Crippen LogP contribution in [0.2, 0.25) is 0 Å². The normalized spacial score (nSPS) is 11.8. The van der Waals surface area contributed by atoms with E-state index in [0.717, 1.165) is 15.6 Å². The Balaban J connectivity index is 2.10. The van der Waals surface area contributed by atoms with Crippen LogP contribution in [0.4, 0.5) is 0 Å². The molecule has 29 heavy (non-hydrogen) atoms. The lowest BCUT2D eigenvalue weighted by atomic mass is 10.1. The Bertz CT molecular complexity index is 804. The Labute approximate surface area is 181 Å². The summed E-state index contributed by atoms with van der Waals surface area (Å²) in [6.07, 6.45) is 0. The smallest absolute Gasteiger partial charge is 0.261 e. The van der Waals surface area contributed by atoms with E-state index >= 15 is 0 Å². The molecule has 5 nitrogen and oxygen atoms in total. The average molecular weight is 461 g/mol. The Morgan fingerprint density at radius 1 is 1.03 bits per heavy atom. The fourth-order valence-corrected chi connectivity index (χ4v) is 2.95. The van der Waals surface area contributed by atoms with Crippen molar-refractivity contribution in [2.24, 2.45) is 5.92 Å². The number of aryl methyl sites for hydroxylation is 1. The third kappa shape index (κ3) is 7.54. The van der Waals surface area contributed by atoms with Crippen LogP contribution >= 0.6 is 15.9 Å². The van der Waals surface area contributed by atoms with Gasteiger partial charge in [0.1, 0.15) is 11.8 Å². The molecular weight excluding hydrogens is 432 g/mol. The van der Waals surface area contributed by atoms with Gasteiger partial charge < -0.3 is 15.0 Å². The van der Waals surface area contributed by atoms with E-state index in [1.165, 1.54) is 0 Å². The van der Waals surface area contributed by atoms with E-state index in [0.29, 0.717) is 24.8 Å². The maximum absolute atomic E-state index is 13.0. The zero-order chi connectivity index (χ0) is 21.4. The minimum absolute atomic E-state index is 0.124. The molecule has 1 N–H and O–H groups in total. The number of halogens is 1. The van der Waals surface area contributed by atoms with Crippen molar-refractivity contribution in [2.75, 3.05) is 13.2 Å². The Kier molecular flexibility index (Phi) is 8.70. The standard InChI is InChI=1S/C23H29BrN2O3/c1-16(2)13-25-23(28)18(4)26(14-19-7-9-20(24)10-8-19)22(27)15-29-21-11-5-17(3)6-12-21/h5-12,16,18H,13-15H2,1-4H3,(H,25,28). The molecule has 1 unspecified atom stereocenters. The van der Waals surface area contributed by atoms with Crippen LogP contribution in [-0.4, -0.2) is 35.9 Å². The lowest BCUT2D eigenvalue weighted by molar-refractivity contribution is -0.142. The Morgan fingerprint density at radius 3 is 2.24 bits per heavy atom. The molecule has 2 amide bonds. The summed E-state index contributed by atoms with van der Waals surface area (Å²) < 4.78 is 6.62. The maximum Gasteiger partial charge on any atom is 0.261 e. The van der Waals surface area contributed by atoms with Crippen molar-refractivity contribution in [1.82, 2.24) is 10.2 Å². The number of rotatable bonds is 9. The third-order valence-corrected chi connectivity index (χ3v) is 5.03. The van der Waals surface area contributed by atoms with Gasteiger partial charge in [0.15, 0.2) is 6.61 Å². The second kappa shape index (κ2) is 11.0. The van der Waals surface area contributed by atoms with Crippen molar-refractivity contribution in [3.8, 4) is 5.75 Å². The van der Waals surface area contributed by atoms with Crippen molar-refractivity contribution >= 4 is 27.7 Å². The van der Waals surface area contributed by atoms with Crippen LogP contribution in [0.1, 0.15) is 31.9 Å². The van der Waals surface area contributed by atoms with Crippen molar-refractivity contribution in [3.05, 3.63) is 64.1 Å². The monoisotopic (exact) mass is 460 g/mol. The van der Waals surface area contributed by atoms with Crippen molar-refractivity contribution in [2.45, 2.75) is 40.3 Å². The topological polar surface area (TPSA) is 58.6 Å². The molecule has 6 heteroatoms. The molecule has 0 saturated heterocycles. The van der Waals surface area contributed by atoms with Gasteiger partial charge >= 0.3 is 0 Å². The highest BCUT2D eigenvalue weighted by Gasteiger charge is 2.26. The molecule has 2 rings (SSSR count). The van der Waals surface area contributed by atoms with Gasteiger partial charge in [-0.2, -0.15) is 0 Å². The van der Waals surface area contributed by atoms with Crippen molar-refractivity contribution < 1.29 is 14.3 Å². The first-order chi connectivity index (χ1) is 13.8. The van der Waals surface area contributed by atoms with Crippen LogP contribution < -0.4 is 10.1 Å². The van der Waals surface area contributed by atoms with Crippen LogP contribution in [0.5, 0.6) is 5.75 Å². The number of hydrogen-bond acceptors (Lipinski definition) is 3. The quantitative estimate of drug-likeness (QED) is 0.605. The molecule has 0 bridgehead atoms. The number of hydrogen-bond donors (Lipinski definition) is 1. The Morgan fingerprint density at radius 2 is 1.66 bits per heavy atom. The molecule has 0 spiro atoms. The maximum atomic E-state index is 13.0. The molecular formula is C23H29BrN2O3. The predicted molar refractivity (Wildman–Crippen MR) is 119 cm³/mol. The first-order valence-corrected chi connectivity index (χ1v) is 10.6. The van der Waals surface area contributed by atoms with E-state index in [1.54, 1.807) is 11.8 Å². The second-order valence-corrected chi connectivity index (χ2v) is 8.48. The van der Waals surface area contributed by atoms with Gasteiger partial charge in [-0.25, -0.2) is 0 Å². The predicted octanol–water partition coefficient (Wildman–Crippen LogP) is 4.33. The third-order valence-electron chi connectivity index (χ3n) is 4.50. The molecule has 1 atom stereocenters. The molecule has 0 radical (unpaired) electrons. The summed E-state index contributed by atoms with van der Waals surface area (Å²) in [6, 6.07) is 14.6. The lowest BCUT2D eigenvalue weighted by Crippen LogP contribution is -2.49. The van der Waals surface area contributed by atoms with E-state index in [2.05, 4.69) is 21.2 Å². The highest BCUT2D eigenvalue weighted by molar-refractivity contribution is 9.10. The van der Waals surface area contributed by atoms with E-state index in [-0.39, 0.29) is 18.4 Å². The van der Waals surface area contributed by atoms with E-state index in [1.807, 2.05) is 69.3 Å². The fraction of sp³-hybridized carbons (Fsp3) is 0.391. The summed E-state index contributed by atoms with van der Waals surface area (Å²) in [5, 5.41) is 2.91. The van der Waals surface area contributed by atoms with Crippen LogP contribution in [0, 0.1) is 12.8 Å². The minimum Gasteiger partial charge on any atom is -0.484 e. The van der Waals surface area contributed by atoms with Crippen LogP contribution in [0.3, 0.4) is 0 Å². The molecule has 0 aliphatic rings. The fourth-order valence-electron chi connectivity index (χ4n) is 2.68. The summed E-state index contributed by atoms with van der Waals surface area (Å²) in [7, 11) is 0. The molecule has 2 aromatic rings. The lowest BCUT2D eigenvalue weighted by Gasteiger charge is -2.29. The minimum atomic E-state index is -0.605. The van der Waals surface area contributed by atoms with Gasteiger partial charge in [0.2, 0.25) is 5.91 Å². The molecule has 0 fully saturated rings. The molecule has 0 aliphatic heterocycles. The van der Waals surface area contributed by atoms with Gasteiger partial charge in [-0.05, 0) is 49.6 Å². The van der Waals surface area contributed by atoms with Gasteiger partial charge in [-0.15, -0.1) is 0 Å². The number of carbonyl (C=O) groups is 2. The number of nitrogens with zero attached hydrogens (tertiary/aromatic N) is 1. The van der Waals surface area contributed by atoms with Gasteiger partial charge in [0, 0.05) is 17.6 Å². The van der Waals surface area contributed by atoms with Crippen LogP contribution in [0.25, 0.3) is 0 Å². The van der Waals surface area contributed by atoms with Crippen molar-refractivity contribution in [3.63, 3.8) is 0 Å². The molecule has 0 saturated carbocycles. The SMILES string of the molecule is Cc1ccc(OCC(=O)N(Cc2ccc(Br)cc2)C(C)C(=O)NCC(C)C)cc1. The summed E-state index contributed by atoms with van der Waals surface area (Å²) in [6.45, 7) is 8.59. The highest BCUT2D eigenvalue weighted by Crippen LogP contribution is 2.16. The summed E-state index contributed by atoms with van der Waals surface area (Å²) in [4.78, 5) is 27.1. The molecule has 2 aromatic carbocycles. The zero-order valence-electron chi connectivity index (χ0n) is 17.4. The van der Waals surface area contributed by atoms with Gasteiger partial charge in [-0.3, -0.25) is 9.59 Å². The van der Waals surface area contributed by atoms with E-state index in [9.17, 15) is 9.59 Å². The largest absolute Gasteiger partial charge is 0.484 e. The molecule has 0 heterocycles. The number of amides is 2. The van der Waals surface area contributed by atoms with Crippen molar-refractivity contribution in [1.29, 1.82) is 0 Å². The second-order valence-electron chi connectivity index (χ2n) is 7.56. The molecule has 0 aliphatic carbocycles. The first kappa shape index (κ1) is 22.9. The molecule has 0 aromatic heterocycles. The zero-order valence-corrected chi connectivity index (χ0v) is 19.0. The van der Waals surface area contributed by atoms with Gasteiger partial charge in [0.05, 0.1) is 0 Å². The number of ether oxygens (including phenoxy) is 1. The molecule has 156 valence electrons. The van der Waals surface area contributed by atoms with Gasteiger partial charge in [0.25, 0.3) is 5.91 Å². The van der Waals surface area contributed by atoms with Crippen LogP contribution in [-0.2, 0) is 16.1 Å². The number of carbonyl (C=O) groups excluding carboxylic acids is 2. The summed E-state index contributed by atoms with van der Waals surface area (Å²) in [5.41, 5.74) is 2.07. The van der Waals surface area contributed by atoms with E-state index in [4.69, 9.17) is 4.74 Å². The number of nitrogens with one attached hydrogen (secondary N) is 1. The Hall–Kier alpha value is -2.34. The summed E-state index contributed by atoms with van der Waals surface area (Å²) in [5.74, 6) is 0.566. The average Bonchev–Trinajstić information content (AvgIpc) is 2.70. The first-order valence-electron chi connectivity index (χ1n) is 9.77. The number of benzene rings is 2. The van der Waals surface area contributed by atoms with Gasteiger partial charge in [-0.1, -0.05) is 59.6 Å². The highest BCUT2D eigenvalue weighted by atomic mass is 79.9. The van der Waals surface area contributed by atoms with Crippen LogP contribution in [0.15, 0.2) is 53.0 Å².